The predicted octanol–water partition coefficient (Wildman–Crippen LogP) is 1.59. The van der Waals surface area contributed by atoms with Crippen LogP contribution >= 0.6 is 11.6 Å². The molecule has 1 N–H and O–H groups in total. The number of hydrogen-bond acceptors (Lipinski definition) is 4. The summed E-state index contributed by atoms with van der Waals surface area (Å²) in [5.74, 6) is 0. The van der Waals surface area contributed by atoms with E-state index >= 15 is 0 Å². The summed E-state index contributed by atoms with van der Waals surface area (Å²) in [5.41, 5.74) is 0. The lowest BCUT2D eigenvalue weighted by Crippen LogP contribution is -2.29. The zero-order valence-corrected chi connectivity index (χ0v) is 11.0. The zero-order valence-electron chi connectivity index (χ0n) is 9.45. The van der Waals surface area contributed by atoms with Gasteiger partial charge in [-0.25, -0.2) is 18.1 Å². The highest BCUT2D eigenvalue weighted by Crippen LogP contribution is 2.17. The summed E-state index contributed by atoms with van der Waals surface area (Å²) >= 11 is 5.60. The number of pyridine rings is 1. The second-order valence-corrected chi connectivity index (χ2v) is 5.45. The first-order valence-corrected chi connectivity index (χ1v) is 6.83. The maximum atomic E-state index is 11.7. The van der Waals surface area contributed by atoms with Crippen LogP contribution in [0.4, 0.5) is 13.2 Å². The van der Waals surface area contributed by atoms with Gasteiger partial charge in [-0.3, -0.25) is 0 Å². The van der Waals surface area contributed by atoms with Gasteiger partial charge in [-0.05, 0) is 12.1 Å². The van der Waals surface area contributed by atoms with Gasteiger partial charge in [0, 0.05) is 12.7 Å². The molecule has 5 nitrogen and oxygen atoms in total. The lowest BCUT2D eigenvalue weighted by Gasteiger charge is -2.09. The fourth-order valence-corrected chi connectivity index (χ4v) is 2.55. The average Bonchev–Trinajstić information content (AvgIpc) is 2.27. The Morgan fingerprint density at radius 2 is 2.11 bits per heavy atom. The molecule has 1 aromatic rings. The van der Waals surface area contributed by atoms with Gasteiger partial charge in [0.2, 0.25) is 10.0 Å². The van der Waals surface area contributed by atoms with Crippen molar-refractivity contribution in [2.24, 2.45) is 0 Å². The van der Waals surface area contributed by atoms with Gasteiger partial charge in [-0.15, -0.1) is 0 Å². The average molecular weight is 319 g/mol. The number of hydrogen-bond donors (Lipinski definition) is 1. The Morgan fingerprint density at radius 3 is 2.68 bits per heavy atom. The van der Waals surface area contributed by atoms with Crippen LogP contribution in [0.2, 0.25) is 5.15 Å². The van der Waals surface area contributed by atoms with Crippen molar-refractivity contribution in [1.82, 2.24) is 9.71 Å². The van der Waals surface area contributed by atoms with E-state index in [1.54, 1.807) is 0 Å². The molecule has 10 heteroatoms. The largest absolute Gasteiger partial charge is 0.411 e. The van der Waals surface area contributed by atoms with Crippen LogP contribution in [0.25, 0.3) is 0 Å². The van der Waals surface area contributed by atoms with E-state index in [2.05, 4.69) is 14.4 Å². The van der Waals surface area contributed by atoms with Crippen LogP contribution in [0.15, 0.2) is 23.2 Å². The van der Waals surface area contributed by atoms with E-state index in [9.17, 15) is 21.6 Å². The molecule has 0 unspecified atom stereocenters. The lowest BCUT2D eigenvalue weighted by atomic mass is 10.5. The first-order valence-electron chi connectivity index (χ1n) is 4.97. The predicted molar refractivity (Wildman–Crippen MR) is 61.3 cm³/mol. The minimum Gasteiger partial charge on any atom is -0.371 e. The molecule has 0 atom stereocenters. The number of rotatable bonds is 6. The number of sulfonamides is 1. The minimum atomic E-state index is -4.44. The van der Waals surface area contributed by atoms with Crippen LogP contribution in [0.3, 0.4) is 0 Å². The summed E-state index contributed by atoms with van der Waals surface area (Å²) in [6.07, 6.45) is -3.13. The molecular formula is C9H10ClF3N2O3S. The highest BCUT2D eigenvalue weighted by atomic mass is 35.5. The SMILES string of the molecule is O=S(=O)(NCCOCC(F)(F)F)c1cccnc1Cl. The van der Waals surface area contributed by atoms with Crippen LogP contribution in [-0.2, 0) is 14.8 Å². The molecule has 0 fully saturated rings. The van der Waals surface area contributed by atoms with Crippen molar-refractivity contribution < 1.29 is 26.3 Å². The fraction of sp³-hybridized carbons (Fsp3) is 0.444. The lowest BCUT2D eigenvalue weighted by molar-refractivity contribution is -0.173. The molecule has 0 radical (unpaired) electrons. The maximum absolute atomic E-state index is 11.7. The van der Waals surface area contributed by atoms with E-state index in [4.69, 9.17) is 11.6 Å². The van der Waals surface area contributed by atoms with Gasteiger partial charge >= 0.3 is 6.18 Å². The molecule has 1 heterocycles. The topological polar surface area (TPSA) is 68.3 Å². The molecule has 0 spiro atoms. The molecule has 0 amide bonds. The van der Waals surface area contributed by atoms with E-state index in [0.29, 0.717) is 0 Å². The van der Waals surface area contributed by atoms with E-state index in [0.717, 1.165) is 0 Å². The van der Waals surface area contributed by atoms with E-state index in [1.165, 1.54) is 18.3 Å². The summed E-state index contributed by atoms with van der Waals surface area (Å²) in [6.45, 7) is -2.14. The molecule has 0 bridgehead atoms. The van der Waals surface area contributed by atoms with Crippen molar-refractivity contribution in [2.75, 3.05) is 19.8 Å². The molecule has 0 saturated heterocycles. The molecule has 0 aliphatic rings. The number of alkyl halides is 3. The molecule has 108 valence electrons. The van der Waals surface area contributed by atoms with Crippen molar-refractivity contribution in [2.45, 2.75) is 11.1 Å². The van der Waals surface area contributed by atoms with Gasteiger partial charge < -0.3 is 4.74 Å². The Hall–Kier alpha value is -0.900. The Labute approximate surface area is 112 Å². The number of halogens is 4. The Bertz CT molecular complexity index is 522. The molecular weight excluding hydrogens is 309 g/mol. The van der Waals surface area contributed by atoms with Crippen LogP contribution in [0.5, 0.6) is 0 Å². The number of nitrogens with one attached hydrogen (secondary N) is 1. The molecule has 1 aromatic heterocycles. The summed E-state index contributed by atoms with van der Waals surface area (Å²) in [7, 11) is -3.91. The van der Waals surface area contributed by atoms with Gasteiger partial charge in [0.1, 0.15) is 16.7 Å². The van der Waals surface area contributed by atoms with Crippen molar-refractivity contribution in [3.8, 4) is 0 Å². The van der Waals surface area contributed by atoms with Crippen LogP contribution in [0, 0.1) is 0 Å². The van der Waals surface area contributed by atoms with Crippen molar-refractivity contribution in [3.63, 3.8) is 0 Å². The summed E-state index contributed by atoms with van der Waals surface area (Å²) < 4.78 is 65.0. The van der Waals surface area contributed by atoms with Crippen LogP contribution in [-0.4, -0.2) is 39.3 Å². The van der Waals surface area contributed by atoms with E-state index < -0.39 is 29.4 Å². The first-order chi connectivity index (χ1) is 8.72. The molecule has 1 rings (SSSR count). The Kier molecular flexibility index (Phi) is 5.53. The second kappa shape index (κ2) is 6.51. The van der Waals surface area contributed by atoms with Gasteiger partial charge in [-0.2, -0.15) is 13.2 Å². The van der Waals surface area contributed by atoms with E-state index in [1.807, 2.05) is 0 Å². The summed E-state index contributed by atoms with van der Waals surface area (Å²) in [6, 6.07) is 2.61. The summed E-state index contributed by atoms with van der Waals surface area (Å²) in [5, 5.41) is -0.216. The van der Waals surface area contributed by atoms with Crippen LogP contribution < -0.4 is 4.72 Å². The normalized spacial score (nSPS) is 12.6. The zero-order chi connectivity index (χ0) is 14.5. The fourth-order valence-electron chi connectivity index (χ4n) is 1.09. The van der Waals surface area contributed by atoms with Crippen molar-refractivity contribution in [3.05, 3.63) is 23.5 Å². The van der Waals surface area contributed by atoms with Crippen LogP contribution in [0.1, 0.15) is 0 Å². The Balaban J connectivity index is 2.47. The Morgan fingerprint density at radius 1 is 1.42 bits per heavy atom. The second-order valence-electron chi connectivity index (χ2n) is 3.36. The minimum absolute atomic E-state index is 0.216. The highest BCUT2D eigenvalue weighted by Gasteiger charge is 2.27. The molecule has 0 aromatic carbocycles. The van der Waals surface area contributed by atoms with E-state index in [-0.39, 0.29) is 16.6 Å². The number of aromatic nitrogens is 1. The third-order valence-corrected chi connectivity index (χ3v) is 3.72. The highest BCUT2D eigenvalue weighted by molar-refractivity contribution is 7.89. The first kappa shape index (κ1) is 16.2. The van der Waals surface area contributed by atoms with Crippen molar-refractivity contribution >= 4 is 21.6 Å². The monoisotopic (exact) mass is 318 g/mol. The third kappa shape index (κ3) is 5.72. The van der Waals surface area contributed by atoms with Gasteiger partial charge in [-0.1, -0.05) is 11.6 Å². The smallest absolute Gasteiger partial charge is 0.371 e. The molecule has 0 aliphatic heterocycles. The molecule has 0 aliphatic carbocycles. The maximum Gasteiger partial charge on any atom is 0.411 e. The standard InChI is InChI=1S/C9H10ClF3N2O3S/c10-8-7(2-1-3-14-8)19(16,17)15-4-5-18-6-9(11,12)13/h1-3,15H,4-6H2. The summed E-state index contributed by atoms with van der Waals surface area (Å²) in [4.78, 5) is 3.35. The molecule has 0 saturated carbocycles. The number of nitrogens with zero attached hydrogens (tertiary/aromatic N) is 1. The quantitative estimate of drug-likeness (QED) is 0.639. The van der Waals surface area contributed by atoms with Gasteiger partial charge in [0.25, 0.3) is 0 Å². The molecule has 19 heavy (non-hydrogen) atoms. The number of ether oxygens (including phenoxy) is 1. The van der Waals surface area contributed by atoms with Crippen molar-refractivity contribution in [1.29, 1.82) is 0 Å². The van der Waals surface area contributed by atoms with Gasteiger partial charge in [0.05, 0.1) is 6.61 Å². The third-order valence-electron chi connectivity index (χ3n) is 1.82. The van der Waals surface area contributed by atoms with Gasteiger partial charge in [0.15, 0.2) is 0 Å².